The van der Waals surface area contributed by atoms with Crippen molar-refractivity contribution < 1.29 is 13.7 Å². The first kappa shape index (κ1) is 16.3. The summed E-state index contributed by atoms with van der Waals surface area (Å²) < 4.78 is 11.2. The van der Waals surface area contributed by atoms with E-state index in [9.17, 15) is 4.79 Å². The summed E-state index contributed by atoms with van der Waals surface area (Å²) in [6, 6.07) is 25.0. The number of carbonyl (C=O) groups is 1. The Morgan fingerprint density at radius 2 is 1.64 bits per heavy atom. The minimum atomic E-state index is -0.148. The Morgan fingerprint density at radius 1 is 0.857 bits per heavy atom. The summed E-state index contributed by atoms with van der Waals surface area (Å²) in [5.74, 6) is 0.996. The minimum Gasteiger partial charge on any atom is -0.453 e. The molecule has 28 heavy (non-hydrogen) atoms. The quantitative estimate of drug-likeness (QED) is 0.475. The number of hydrogen-bond acceptors (Lipinski definition) is 4. The van der Waals surface area contributed by atoms with E-state index in [0.29, 0.717) is 22.8 Å². The van der Waals surface area contributed by atoms with Crippen molar-refractivity contribution in [1.82, 2.24) is 10.5 Å². The Labute approximate surface area is 160 Å². The van der Waals surface area contributed by atoms with Crippen molar-refractivity contribution in [2.45, 2.75) is 6.54 Å². The zero-order chi connectivity index (χ0) is 18.9. The van der Waals surface area contributed by atoms with Gasteiger partial charge in [0, 0.05) is 17.0 Å². The Kier molecular flexibility index (Phi) is 3.91. The first-order valence-electron chi connectivity index (χ1n) is 8.98. The Hall–Kier alpha value is -3.86. The average molecular weight is 368 g/mol. The van der Waals surface area contributed by atoms with Crippen LogP contribution < -0.4 is 5.32 Å². The van der Waals surface area contributed by atoms with Crippen molar-refractivity contribution >= 4 is 27.6 Å². The lowest BCUT2D eigenvalue weighted by atomic mass is 10.0. The molecule has 0 bridgehead atoms. The van der Waals surface area contributed by atoms with Gasteiger partial charge in [-0.05, 0) is 29.0 Å². The van der Waals surface area contributed by atoms with Gasteiger partial charge in [-0.1, -0.05) is 59.8 Å². The van der Waals surface area contributed by atoms with E-state index in [1.165, 1.54) is 0 Å². The van der Waals surface area contributed by atoms with Gasteiger partial charge in [0.25, 0.3) is 5.91 Å². The zero-order valence-corrected chi connectivity index (χ0v) is 14.9. The highest BCUT2D eigenvalue weighted by atomic mass is 16.5. The number of nitrogens with one attached hydrogen (secondary N) is 1. The van der Waals surface area contributed by atoms with E-state index in [-0.39, 0.29) is 12.5 Å². The molecule has 5 rings (SSSR count). The first-order valence-corrected chi connectivity index (χ1v) is 8.98. The maximum absolute atomic E-state index is 12.6. The Balaban J connectivity index is 1.34. The molecule has 5 nitrogen and oxygen atoms in total. The highest BCUT2D eigenvalue weighted by Gasteiger charge is 2.14. The van der Waals surface area contributed by atoms with Gasteiger partial charge in [0.1, 0.15) is 11.3 Å². The fraction of sp³-hybridized carbons (Fsp3) is 0.0435. The molecule has 0 spiro atoms. The summed E-state index contributed by atoms with van der Waals surface area (Å²) in [5.41, 5.74) is 2.06. The van der Waals surface area contributed by atoms with E-state index in [1.54, 1.807) is 6.07 Å². The number of carbonyl (C=O) groups excluding carboxylic acids is 1. The van der Waals surface area contributed by atoms with Crippen LogP contribution in [0.4, 0.5) is 0 Å². The molecule has 0 saturated carbocycles. The van der Waals surface area contributed by atoms with Crippen molar-refractivity contribution in [2.75, 3.05) is 0 Å². The monoisotopic (exact) mass is 368 g/mol. The van der Waals surface area contributed by atoms with E-state index in [0.717, 1.165) is 21.7 Å². The summed E-state index contributed by atoms with van der Waals surface area (Å²) in [7, 11) is 0. The molecule has 0 fully saturated rings. The third kappa shape index (κ3) is 2.93. The third-order valence-electron chi connectivity index (χ3n) is 4.69. The fourth-order valence-corrected chi connectivity index (χ4v) is 3.30. The molecule has 5 aromatic rings. The minimum absolute atomic E-state index is 0.148. The molecule has 0 radical (unpaired) electrons. The highest BCUT2D eigenvalue weighted by Crippen LogP contribution is 2.28. The molecule has 1 amide bonds. The maximum atomic E-state index is 12.6. The number of furan rings is 1. The lowest BCUT2D eigenvalue weighted by Gasteiger charge is -2.06. The molecule has 2 aromatic heterocycles. The number of fused-ring (bicyclic) bond motifs is 2. The normalized spacial score (nSPS) is 11.1. The third-order valence-corrected chi connectivity index (χ3v) is 4.69. The molecule has 0 saturated heterocycles. The van der Waals surface area contributed by atoms with Crippen molar-refractivity contribution in [2.24, 2.45) is 0 Å². The number of amides is 1. The van der Waals surface area contributed by atoms with Gasteiger partial charge in [-0.2, -0.15) is 0 Å². The smallest absolute Gasteiger partial charge is 0.252 e. The molecule has 2 heterocycles. The number of para-hydroxylation sites is 1. The molecule has 136 valence electrons. The summed E-state index contributed by atoms with van der Waals surface area (Å²) in [6.45, 7) is 0.270. The number of rotatable bonds is 4. The number of hydrogen-bond donors (Lipinski definition) is 1. The van der Waals surface area contributed by atoms with Crippen LogP contribution in [0.1, 0.15) is 16.1 Å². The standard InChI is InChI=1S/C23H16N2O3/c26-23(19-10-5-8-15-6-1-3-9-18(15)19)24-14-17-13-22(28-25-17)21-12-16-7-2-4-11-20(16)27-21/h1-13H,14H2,(H,24,26). The van der Waals surface area contributed by atoms with E-state index < -0.39 is 0 Å². The largest absolute Gasteiger partial charge is 0.453 e. The summed E-state index contributed by atoms with van der Waals surface area (Å²) in [4.78, 5) is 12.6. The van der Waals surface area contributed by atoms with Crippen molar-refractivity contribution in [3.63, 3.8) is 0 Å². The Morgan fingerprint density at radius 3 is 2.54 bits per heavy atom. The average Bonchev–Trinajstić information content (AvgIpc) is 3.38. The van der Waals surface area contributed by atoms with Crippen molar-refractivity contribution in [3.8, 4) is 11.5 Å². The van der Waals surface area contributed by atoms with Crippen molar-refractivity contribution in [1.29, 1.82) is 0 Å². The van der Waals surface area contributed by atoms with Crippen LogP contribution in [-0.4, -0.2) is 11.1 Å². The molecule has 3 aromatic carbocycles. The molecule has 0 aliphatic heterocycles. The molecule has 0 aliphatic carbocycles. The second kappa shape index (κ2) is 6.70. The summed E-state index contributed by atoms with van der Waals surface area (Å²) in [6.07, 6.45) is 0. The molecular weight excluding hydrogens is 352 g/mol. The highest BCUT2D eigenvalue weighted by molar-refractivity contribution is 6.06. The molecule has 0 atom stereocenters. The first-order chi connectivity index (χ1) is 13.8. The second-order valence-corrected chi connectivity index (χ2v) is 6.54. The van der Waals surface area contributed by atoms with Gasteiger partial charge in [-0.3, -0.25) is 4.79 Å². The zero-order valence-electron chi connectivity index (χ0n) is 14.9. The number of benzene rings is 3. The predicted molar refractivity (Wildman–Crippen MR) is 107 cm³/mol. The molecule has 0 unspecified atom stereocenters. The molecule has 0 aliphatic rings. The SMILES string of the molecule is O=C(NCc1cc(-c2cc3ccccc3o2)on1)c1cccc2ccccc12. The van der Waals surface area contributed by atoms with Gasteiger partial charge in [-0.25, -0.2) is 0 Å². The van der Waals surface area contributed by atoms with Crippen LogP contribution >= 0.6 is 0 Å². The number of nitrogens with zero attached hydrogens (tertiary/aromatic N) is 1. The maximum Gasteiger partial charge on any atom is 0.252 e. The van der Waals surface area contributed by atoms with Crippen LogP contribution in [0.15, 0.2) is 87.8 Å². The van der Waals surface area contributed by atoms with Gasteiger partial charge < -0.3 is 14.3 Å². The number of aromatic nitrogens is 1. The fourth-order valence-electron chi connectivity index (χ4n) is 3.30. The summed E-state index contributed by atoms with van der Waals surface area (Å²) >= 11 is 0. The van der Waals surface area contributed by atoms with Crippen LogP contribution in [0.5, 0.6) is 0 Å². The molecule has 1 N–H and O–H groups in total. The Bertz CT molecular complexity index is 1260. The van der Waals surface area contributed by atoms with Gasteiger partial charge in [0.15, 0.2) is 5.76 Å². The van der Waals surface area contributed by atoms with Crippen LogP contribution in [-0.2, 0) is 6.54 Å². The lowest BCUT2D eigenvalue weighted by Crippen LogP contribution is -2.23. The topological polar surface area (TPSA) is 68.3 Å². The predicted octanol–water partition coefficient (Wildman–Crippen LogP) is 5.17. The summed E-state index contributed by atoms with van der Waals surface area (Å²) in [5, 5.41) is 9.90. The molecular formula is C23H16N2O3. The van der Waals surface area contributed by atoms with Crippen molar-refractivity contribution in [3.05, 3.63) is 90.1 Å². The van der Waals surface area contributed by atoms with E-state index in [2.05, 4.69) is 10.5 Å². The van der Waals surface area contributed by atoms with Crippen LogP contribution in [0.2, 0.25) is 0 Å². The van der Waals surface area contributed by atoms with Crippen LogP contribution in [0.25, 0.3) is 33.3 Å². The second-order valence-electron chi connectivity index (χ2n) is 6.54. The van der Waals surface area contributed by atoms with Crippen LogP contribution in [0, 0.1) is 0 Å². The lowest BCUT2D eigenvalue weighted by molar-refractivity contribution is 0.0951. The van der Waals surface area contributed by atoms with Crippen LogP contribution in [0.3, 0.4) is 0 Å². The van der Waals surface area contributed by atoms with Gasteiger partial charge in [0.05, 0.1) is 6.54 Å². The van der Waals surface area contributed by atoms with E-state index in [4.69, 9.17) is 8.94 Å². The van der Waals surface area contributed by atoms with E-state index >= 15 is 0 Å². The molecule has 5 heteroatoms. The van der Waals surface area contributed by atoms with E-state index in [1.807, 2.05) is 72.8 Å². The van der Waals surface area contributed by atoms with Gasteiger partial charge in [-0.15, -0.1) is 0 Å². The van der Waals surface area contributed by atoms with Gasteiger partial charge in [0.2, 0.25) is 5.76 Å². The van der Waals surface area contributed by atoms with Gasteiger partial charge >= 0.3 is 0 Å².